The van der Waals surface area contributed by atoms with E-state index in [1.54, 1.807) is 26.2 Å². The maximum atomic E-state index is 10.8. The van der Waals surface area contributed by atoms with E-state index in [2.05, 4.69) is 0 Å². The molecule has 0 fully saturated rings. The SMILES string of the molecule is COC(C)COC(=O)C(C)N.O=[N+]([O-])c1ccc(OPOc2ccccc2)cc1. The van der Waals surface area contributed by atoms with E-state index in [0.717, 1.165) is 5.75 Å². The molecule has 9 nitrogen and oxygen atoms in total. The lowest BCUT2D eigenvalue weighted by Crippen LogP contribution is -2.31. The predicted octanol–water partition coefficient (Wildman–Crippen LogP) is 3.47. The second kappa shape index (κ2) is 13.4. The number of nitro benzene ring substituents is 1. The third-order valence-corrected chi connectivity index (χ3v) is 3.98. The van der Waals surface area contributed by atoms with Crippen molar-refractivity contribution < 1.29 is 28.2 Å². The van der Waals surface area contributed by atoms with Crippen LogP contribution in [0.15, 0.2) is 54.6 Å². The molecule has 0 aliphatic rings. The van der Waals surface area contributed by atoms with E-state index in [-0.39, 0.29) is 27.4 Å². The monoisotopic (exact) mass is 424 g/mol. The van der Waals surface area contributed by atoms with Crippen molar-refractivity contribution >= 4 is 20.7 Å². The van der Waals surface area contributed by atoms with Gasteiger partial charge in [-0.3, -0.25) is 14.9 Å². The fraction of sp³-hybridized carbons (Fsp3) is 0.316. The molecule has 29 heavy (non-hydrogen) atoms. The van der Waals surface area contributed by atoms with Crippen molar-refractivity contribution in [3.8, 4) is 11.5 Å². The number of carbonyl (C=O) groups is 1. The number of benzene rings is 2. The number of esters is 1. The summed E-state index contributed by atoms with van der Waals surface area (Å²) in [6, 6.07) is 14.6. The molecule has 10 heteroatoms. The highest BCUT2D eigenvalue weighted by molar-refractivity contribution is 7.27. The normalized spacial score (nSPS) is 12.4. The van der Waals surface area contributed by atoms with Gasteiger partial charge in [0.2, 0.25) is 0 Å². The van der Waals surface area contributed by atoms with Crippen LogP contribution in [0.4, 0.5) is 5.69 Å². The summed E-state index contributed by atoms with van der Waals surface area (Å²) in [5.74, 6) is 0.863. The molecule has 2 N–H and O–H groups in total. The molecule has 2 rings (SSSR count). The molecule has 0 radical (unpaired) electrons. The molecule has 2 aromatic rings. The molecule has 0 aromatic heterocycles. The summed E-state index contributed by atoms with van der Waals surface area (Å²) in [4.78, 5) is 20.8. The summed E-state index contributed by atoms with van der Waals surface area (Å²) in [5.41, 5.74) is 5.28. The molecule has 3 unspecified atom stereocenters. The number of hydrogen-bond donors (Lipinski definition) is 1. The average molecular weight is 424 g/mol. The van der Waals surface area contributed by atoms with Gasteiger partial charge in [-0.2, -0.15) is 0 Å². The van der Waals surface area contributed by atoms with Crippen molar-refractivity contribution in [3.05, 3.63) is 64.7 Å². The fourth-order valence-corrected chi connectivity index (χ4v) is 2.15. The van der Waals surface area contributed by atoms with Crippen molar-refractivity contribution in [3.63, 3.8) is 0 Å². The van der Waals surface area contributed by atoms with Crippen LogP contribution in [-0.4, -0.2) is 36.8 Å². The minimum atomic E-state index is -0.556. The highest BCUT2D eigenvalue weighted by Gasteiger charge is 2.10. The Morgan fingerprint density at radius 2 is 1.62 bits per heavy atom. The van der Waals surface area contributed by atoms with Crippen molar-refractivity contribution in [1.29, 1.82) is 0 Å². The number of ether oxygens (including phenoxy) is 2. The van der Waals surface area contributed by atoms with Crippen LogP contribution >= 0.6 is 9.03 Å². The first-order valence-electron chi connectivity index (χ1n) is 8.66. The van der Waals surface area contributed by atoms with E-state index in [0.29, 0.717) is 5.75 Å². The minimum absolute atomic E-state index is 0.0367. The Bertz CT molecular complexity index is 742. The van der Waals surface area contributed by atoms with Crippen LogP contribution in [0, 0.1) is 10.1 Å². The number of nitrogens with zero attached hydrogens (tertiary/aromatic N) is 1. The van der Waals surface area contributed by atoms with Gasteiger partial charge >= 0.3 is 5.97 Å². The van der Waals surface area contributed by atoms with Crippen LogP contribution in [0.25, 0.3) is 0 Å². The van der Waals surface area contributed by atoms with Crippen LogP contribution in [0.5, 0.6) is 11.5 Å². The number of carbonyl (C=O) groups excluding carboxylic acids is 1. The maximum absolute atomic E-state index is 10.8. The summed E-state index contributed by atoms with van der Waals surface area (Å²) < 4.78 is 20.3. The van der Waals surface area contributed by atoms with E-state index in [1.807, 2.05) is 37.3 Å². The Hall–Kier alpha value is -2.74. The van der Waals surface area contributed by atoms with Crippen LogP contribution in [0.3, 0.4) is 0 Å². The summed E-state index contributed by atoms with van der Waals surface area (Å²) in [7, 11) is 1.37. The zero-order chi connectivity index (χ0) is 21.6. The molecular weight excluding hydrogens is 399 g/mol. The van der Waals surface area contributed by atoms with Crippen molar-refractivity contribution in [2.24, 2.45) is 5.73 Å². The molecule has 3 atom stereocenters. The molecule has 0 heterocycles. The Kier molecular flexibility index (Phi) is 11.3. The standard InChI is InChI=1S/C12H10NO4P.C7H15NO3/c14-13(15)10-6-8-12(9-7-10)17-18-16-11-4-2-1-3-5-11;1-5(10-3)4-11-7(9)6(2)8/h1-9,18H;5-6H,4,8H2,1-3H3. The third kappa shape index (κ3) is 10.4. The zero-order valence-corrected chi connectivity index (χ0v) is 17.4. The summed E-state index contributed by atoms with van der Waals surface area (Å²) in [5, 5.41) is 10.5. The summed E-state index contributed by atoms with van der Waals surface area (Å²) in [6.45, 7) is 3.66. The molecule has 0 saturated heterocycles. The molecule has 0 aliphatic heterocycles. The van der Waals surface area contributed by atoms with Crippen molar-refractivity contribution in [1.82, 2.24) is 0 Å². The first kappa shape index (κ1) is 24.3. The lowest BCUT2D eigenvalue weighted by molar-refractivity contribution is -0.384. The molecule has 0 bridgehead atoms. The van der Waals surface area contributed by atoms with E-state index in [9.17, 15) is 14.9 Å². The van der Waals surface area contributed by atoms with Gasteiger partial charge in [-0.05, 0) is 38.1 Å². The van der Waals surface area contributed by atoms with Crippen LogP contribution < -0.4 is 14.8 Å². The third-order valence-electron chi connectivity index (χ3n) is 3.34. The summed E-state index contributed by atoms with van der Waals surface area (Å²) >= 11 is 0. The van der Waals surface area contributed by atoms with Crippen LogP contribution in [0.1, 0.15) is 13.8 Å². The lowest BCUT2D eigenvalue weighted by atomic mass is 10.3. The van der Waals surface area contributed by atoms with Crippen LogP contribution in [0.2, 0.25) is 0 Å². The van der Waals surface area contributed by atoms with Crippen LogP contribution in [-0.2, 0) is 14.3 Å². The molecule has 2 aromatic carbocycles. The molecule has 158 valence electrons. The zero-order valence-electron chi connectivity index (χ0n) is 16.4. The molecule has 0 spiro atoms. The smallest absolute Gasteiger partial charge is 0.322 e. The Morgan fingerprint density at radius 1 is 1.07 bits per heavy atom. The highest BCUT2D eigenvalue weighted by atomic mass is 31.1. The number of rotatable bonds is 9. The molecule has 0 amide bonds. The van der Waals surface area contributed by atoms with Gasteiger partial charge in [-0.15, -0.1) is 0 Å². The average Bonchev–Trinajstić information content (AvgIpc) is 2.73. The second-order valence-corrected chi connectivity index (χ2v) is 6.39. The minimum Gasteiger partial charge on any atom is -0.462 e. The van der Waals surface area contributed by atoms with Crippen molar-refractivity contribution in [2.75, 3.05) is 13.7 Å². The molecule has 0 aliphatic carbocycles. The van der Waals surface area contributed by atoms with Gasteiger partial charge in [0.05, 0.1) is 11.0 Å². The van der Waals surface area contributed by atoms with Gasteiger partial charge in [0.25, 0.3) is 14.7 Å². The van der Waals surface area contributed by atoms with Gasteiger partial charge in [-0.25, -0.2) is 0 Å². The summed E-state index contributed by atoms with van der Waals surface area (Å²) in [6.07, 6.45) is -0.0716. The Morgan fingerprint density at radius 3 is 2.10 bits per heavy atom. The highest BCUT2D eigenvalue weighted by Crippen LogP contribution is 2.26. The lowest BCUT2D eigenvalue weighted by Gasteiger charge is -2.11. The number of hydrogen-bond acceptors (Lipinski definition) is 8. The first-order valence-corrected chi connectivity index (χ1v) is 9.48. The number of para-hydroxylation sites is 1. The number of nitro groups is 1. The molecule has 0 saturated carbocycles. The first-order chi connectivity index (χ1) is 13.8. The van der Waals surface area contributed by atoms with E-state index >= 15 is 0 Å². The maximum Gasteiger partial charge on any atom is 0.322 e. The number of non-ortho nitro benzene ring substituents is 1. The van der Waals surface area contributed by atoms with Gasteiger partial charge in [0.1, 0.15) is 24.1 Å². The molecular formula is C19H25N2O7P. The Balaban J connectivity index is 0.000000331. The topological polar surface area (TPSA) is 123 Å². The second-order valence-electron chi connectivity index (χ2n) is 5.82. The van der Waals surface area contributed by atoms with Gasteiger partial charge in [-0.1, -0.05) is 18.2 Å². The predicted molar refractivity (Wildman–Crippen MR) is 110 cm³/mol. The van der Waals surface area contributed by atoms with Crippen molar-refractivity contribution in [2.45, 2.75) is 26.0 Å². The Labute approximate surface area is 171 Å². The van der Waals surface area contributed by atoms with Gasteiger partial charge < -0.3 is 24.3 Å². The van der Waals surface area contributed by atoms with Gasteiger partial charge in [0, 0.05) is 19.2 Å². The quantitative estimate of drug-likeness (QED) is 0.281. The fourth-order valence-electron chi connectivity index (χ4n) is 1.64. The van der Waals surface area contributed by atoms with E-state index in [4.69, 9.17) is 24.3 Å². The van der Waals surface area contributed by atoms with E-state index in [1.165, 1.54) is 12.1 Å². The largest absolute Gasteiger partial charge is 0.462 e. The van der Waals surface area contributed by atoms with Gasteiger partial charge in [0.15, 0.2) is 0 Å². The number of nitrogens with two attached hydrogens (primary N) is 1. The number of methoxy groups -OCH3 is 1. The van der Waals surface area contributed by atoms with E-state index < -0.39 is 16.9 Å².